The van der Waals surface area contributed by atoms with E-state index >= 15 is 4.39 Å². The van der Waals surface area contributed by atoms with Crippen LogP contribution in [-0.4, -0.2) is 51.9 Å². The number of halogens is 4. The molecule has 1 aliphatic carbocycles. The fraction of sp³-hybridized carbons (Fsp3) is 0.440. The van der Waals surface area contributed by atoms with Gasteiger partial charge in [-0.15, -0.1) is 13.2 Å². The van der Waals surface area contributed by atoms with Crippen molar-refractivity contribution in [1.82, 2.24) is 14.9 Å². The Kier molecular flexibility index (Phi) is 6.16. The number of amides is 1. The number of alkyl halides is 3. The summed E-state index contributed by atoms with van der Waals surface area (Å²) in [7, 11) is 0. The van der Waals surface area contributed by atoms with Crippen LogP contribution < -0.4 is 4.74 Å². The lowest BCUT2D eigenvalue weighted by Gasteiger charge is -2.33. The zero-order chi connectivity index (χ0) is 24.7. The number of aryl methyl sites for hydroxylation is 1. The predicted octanol–water partition coefficient (Wildman–Crippen LogP) is 4.72. The molecule has 3 aromatic rings. The minimum Gasteiger partial charge on any atom is -0.406 e. The van der Waals surface area contributed by atoms with Crippen molar-refractivity contribution >= 4 is 16.9 Å². The van der Waals surface area contributed by atoms with Crippen LogP contribution in [0.15, 0.2) is 30.5 Å². The van der Waals surface area contributed by atoms with E-state index < -0.39 is 6.36 Å². The Hall–Kier alpha value is -3.14. The number of benzene rings is 1. The molecule has 1 saturated heterocycles. The van der Waals surface area contributed by atoms with Gasteiger partial charge in [0.05, 0.1) is 6.20 Å². The van der Waals surface area contributed by atoms with Crippen LogP contribution in [0.2, 0.25) is 0 Å². The maximum atomic E-state index is 15.1. The molecule has 3 heterocycles. The van der Waals surface area contributed by atoms with Crippen LogP contribution in [0.5, 0.6) is 5.75 Å². The number of hydrogen-bond donors (Lipinski definition) is 2. The topological polar surface area (TPSA) is 78.5 Å². The molecule has 0 radical (unpaired) electrons. The molecule has 1 aromatic carbocycles. The minimum absolute atomic E-state index is 0.0913. The van der Waals surface area contributed by atoms with Crippen LogP contribution in [0.4, 0.5) is 17.6 Å². The summed E-state index contributed by atoms with van der Waals surface area (Å²) in [6.45, 7) is 0.896. The molecule has 0 bridgehead atoms. The molecular formula is C25H25F4N3O3. The zero-order valence-electron chi connectivity index (χ0n) is 18.9. The van der Waals surface area contributed by atoms with Crippen molar-refractivity contribution in [3.63, 3.8) is 0 Å². The molecule has 35 heavy (non-hydrogen) atoms. The molecule has 186 valence electrons. The summed E-state index contributed by atoms with van der Waals surface area (Å²) in [5.74, 6) is -0.989. The van der Waals surface area contributed by atoms with Gasteiger partial charge in [0.1, 0.15) is 17.2 Å². The van der Waals surface area contributed by atoms with Gasteiger partial charge in [0.15, 0.2) is 0 Å². The van der Waals surface area contributed by atoms with E-state index in [1.807, 2.05) is 0 Å². The van der Waals surface area contributed by atoms with Crippen molar-refractivity contribution < 1.29 is 32.2 Å². The monoisotopic (exact) mass is 491 g/mol. The molecule has 0 spiro atoms. The first-order chi connectivity index (χ1) is 16.7. The van der Waals surface area contributed by atoms with Crippen LogP contribution >= 0.6 is 0 Å². The van der Waals surface area contributed by atoms with Crippen LogP contribution in [-0.2, 0) is 12.8 Å². The number of aliphatic hydroxyl groups excluding tert-OH is 1. The second-order valence-electron chi connectivity index (χ2n) is 9.26. The Morgan fingerprint density at radius 1 is 1.17 bits per heavy atom. The van der Waals surface area contributed by atoms with Gasteiger partial charge in [-0.25, -0.2) is 9.37 Å². The number of carbonyl (C=O) groups is 1. The van der Waals surface area contributed by atoms with E-state index in [4.69, 9.17) is 0 Å². The van der Waals surface area contributed by atoms with Crippen molar-refractivity contribution in [1.29, 1.82) is 0 Å². The number of nitrogens with zero attached hydrogens (tertiary/aromatic N) is 2. The number of ether oxygens (including phenoxy) is 1. The number of likely N-dealkylation sites (tertiary alicyclic amines) is 1. The van der Waals surface area contributed by atoms with Gasteiger partial charge in [-0.3, -0.25) is 4.79 Å². The van der Waals surface area contributed by atoms with Crippen molar-refractivity contribution in [3.8, 4) is 5.75 Å². The van der Waals surface area contributed by atoms with Crippen LogP contribution in [0.1, 0.15) is 52.4 Å². The lowest BCUT2D eigenvalue weighted by molar-refractivity contribution is -0.274. The van der Waals surface area contributed by atoms with Crippen molar-refractivity contribution in [2.24, 2.45) is 5.92 Å². The summed E-state index contributed by atoms with van der Waals surface area (Å²) in [6.07, 6.45) is -0.101. The van der Waals surface area contributed by atoms with Gasteiger partial charge in [0, 0.05) is 41.9 Å². The second-order valence-corrected chi connectivity index (χ2v) is 9.26. The highest BCUT2D eigenvalue weighted by atomic mass is 19.4. The lowest BCUT2D eigenvalue weighted by atomic mass is 9.82. The highest BCUT2D eigenvalue weighted by Gasteiger charge is 2.33. The molecule has 0 saturated carbocycles. The summed E-state index contributed by atoms with van der Waals surface area (Å²) < 4.78 is 56.1. The Balaban J connectivity index is 1.33. The quantitative estimate of drug-likeness (QED) is 0.518. The van der Waals surface area contributed by atoms with E-state index in [-0.39, 0.29) is 41.5 Å². The molecule has 6 nitrogen and oxygen atoms in total. The molecule has 1 atom stereocenters. The van der Waals surface area contributed by atoms with Crippen molar-refractivity contribution in [2.45, 2.75) is 44.4 Å². The summed E-state index contributed by atoms with van der Waals surface area (Å²) in [5, 5.41) is 10.5. The number of H-pyrrole nitrogens is 1. The number of nitrogens with one attached hydrogen (secondary N) is 1. The molecule has 2 N–H and O–H groups in total. The van der Waals surface area contributed by atoms with E-state index in [9.17, 15) is 23.1 Å². The molecule has 2 aromatic heterocycles. The van der Waals surface area contributed by atoms with Crippen LogP contribution in [0.3, 0.4) is 0 Å². The van der Waals surface area contributed by atoms with Crippen molar-refractivity contribution in [3.05, 3.63) is 58.7 Å². The Bertz CT molecular complexity index is 1230. The van der Waals surface area contributed by atoms with E-state index in [1.165, 1.54) is 18.3 Å². The van der Waals surface area contributed by atoms with Gasteiger partial charge in [-0.05, 0) is 73.8 Å². The molecule has 1 fully saturated rings. The number of piperidine rings is 1. The van der Waals surface area contributed by atoms with E-state index in [2.05, 4.69) is 14.7 Å². The number of aromatic nitrogens is 2. The first-order valence-electron chi connectivity index (χ1n) is 11.7. The summed E-state index contributed by atoms with van der Waals surface area (Å²) in [5.41, 5.74) is 3.63. The van der Waals surface area contributed by atoms with E-state index in [0.717, 1.165) is 41.6 Å². The van der Waals surface area contributed by atoms with E-state index in [0.29, 0.717) is 43.6 Å². The molecule has 1 aliphatic heterocycles. The third-order valence-electron chi connectivity index (χ3n) is 7.08. The molecular weight excluding hydrogens is 466 g/mol. The van der Waals surface area contributed by atoms with Crippen LogP contribution in [0.25, 0.3) is 11.0 Å². The second kappa shape index (κ2) is 9.14. The highest BCUT2D eigenvalue weighted by Crippen LogP contribution is 2.40. The summed E-state index contributed by atoms with van der Waals surface area (Å²) in [4.78, 5) is 22.1. The van der Waals surface area contributed by atoms with Gasteiger partial charge in [-0.1, -0.05) is 0 Å². The lowest BCUT2D eigenvalue weighted by Crippen LogP contribution is -2.38. The Morgan fingerprint density at radius 3 is 2.54 bits per heavy atom. The number of rotatable bonds is 4. The van der Waals surface area contributed by atoms with Gasteiger partial charge in [-0.2, -0.15) is 0 Å². The molecule has 0 unspecified atom stereocenters. The number of fused-ring (bicyclic) bond motifs is 3. The molecule has 2 aliphatic rings. The minimum atomic E-state index is -4.79. The summed E-state index contributed by atoms with van der Waals surface area (Å²) >= 11 is 0. The largest absolute Gasteiger partial charge is 0.573 e. The highest BCUT2D eigenvalue weighted by molar-refractivity contribution is 5.94. The molecule has 1 amide bonds. The maximum absolute atomic E-state index is 15.1. The normalized spacial score (nSPS) is 19.1. The summed E-state index contributed by atoms with van der Waals surface area (Å²) in [6, 6.07) is 4.85. The van der Waals surface area contributed by atoms with E-state index in [1.54, 1.807) is 4.90 Å². The average molecular weight is 491 g/mol. The number of aliphatic hydroxyl groups is 1. The molecule has 5 rings (SSSR count). The maximum Gasteiger partial charge on any atom is 0.573 e. The fourth-order valence-corrected chi connectivity index (χ4v) is 5.36. The average Bonchev–Trinajstić information content (AvgIpc) is 3.21. The standard InChI is InChI=1S/C25H25F4N3O3/c26-19-12-30-23-22(18-11-14(13-33)1-6-20(18)31-23)21(19)15-7-9-32(10-8-15)24(34)16-2-4-17(5-3-16)35-25(27,28)29/h2-5,12,14-15,33H,1,6-11,13H2,(H,30,31)/t14-/m1/s1. The smallest absolute Gasteiger partial charge is 0.406 e. The third-order valence-corrected chi connectivity index (χ3v) is 7.08. The number of hydrogen-bond acceptors (Lipinski definition) is 4. The molecule has 10 heteroatoms. The van der Waals surface area contributed by atoms with Crippen LogP contribution in [0, 0.1) is 11.7 Å². The Morgan fingerprint density at radius 2 is 1.89 bits per heavy atom. The SMILES string of the molecule is O=C(c1ccc(OC(F)(F)F)cc1)N1CCC(c2c(F)cnc3[nH]c4c(c23)C[C@H](CO)CC4)CC1. The van der Waals surface area contributed by atoms with Gasteiger partial charge < -0.3 is 19.7 Å². The predicted molar refractivity (Wildman–Crippen MR) is 120 cm³/mol. The van der Waals surface area contributed by atoms with Gasteiger partial charge >= 0.3 is 6.36 Å². The Labute approximate surface area is 198 Å². The number of pyridine rings is 1. The zero-order valence-corrected chi connectivity index (χ0v) is 18.9. The number of aromatic amines is 1. The first-order valence-corrected chi connectivity index (χ1v) is 11.7. The third kappa shape index (κ3) is 4.71. The van der Waals surface area contributed by atoms with Gasteiger partial charge in [0.2, 0.25) is 0 Å². The fourth-order valence-electron chi connectivity index (χ4n) is 5.36. The van der Waals surface area contributed by atoms with Gasteiger partial charge in [0.25, 0.3) is 5.91 Å². The number of carbonyl (C=O) groups excluding carboxylic acids is 1. The van der Waals surface area contributed by atoms with Crippen molar-refractivity contribution in [2.75, 3.05) is 19.7 Å². The first kappa shape index (κ1) is 23.6.